The van der Waals surface area contributed by atoms with E-state index in [0.717, 1.165) is 0 Å². The minimum Gasteiger partial charge on any atom is -0.479 e. The van der Waals surface area contributed by atoms with Crippen LogP contribution in [0.1, 0.15) is 27.7 Å². The monoisotopic (exact) mass is 496 g/mol. The largest absolute Gasteiger partial charge is 0.479 e. The first kappa shape index (κ1) is 26.0. The summed E-state index contributed by atoms with van der Waals surface area (Å²) in [4.78, 5) is 0. The Morgan fingerprint density at radius 2 is 0.760 bits per heavy atom. The summed E-state index contributed by atoms with van der Waals surface area (Å²) in [5, 5.41) is 0. The molecule has 0 aliphatic rings. The van der Waals surface area contributed by atoms with Gasteiger partial charge in [0.2, 0.25) is 17.5 Å². The third-order valence-corrected chi connectivity index (χ3v) is 8.49. The van der Waals surface area contributed by atoms with Crippen molar-refractivity contribution in [3.63, 3.8) is 0 Å². The maximum absolute atomic E-state index is 5.42. The van der Waals surface area contributed by atoms with Gasteiger partial charge in [-0.05, 0) is 124 Å². The van der Waals surface area contributed by atoms with E-state index >= 15 is 0 Å². The summed E-state index contributed by atoms with van der Waals surface area (Å²) in [6.45, 7) is 9.30. The molecular formula is C13H20O4S8. The molecule has 0 spiro atoms. The number of hydrogen-bond acceptors (Lipinski definition) is 12. The summed E-state index contributed by atoms with van der Waals surface area (Å²) in [5.41, 5.74) is 0. The minimum atomic E-state index is -0.809. The molecule has 0 aromatic carbocycles. The first-order valence-electron chi connectivity index (χ1n) is 7.25. The molecule has 0 heterocycles. The third-order valence-electron chi connectivity index (χ3n) is 1.88. The molecule has 0 unspecified atom stereocenters. The van der Waals surface area contributed by atoms with Crippen molar-refractivity contribution >= 4 is 113 Å². The van der Waals surface area contributed by atoms with Crippen molar-refractivity contribution in [3.05, 3.63) is 0 Å². The predicted molar refractivity (Wildman–Crippen MR) is 130 cm³/mol. The molecule has 4 nitrogen and oxygen atoms in total. The molecule has 12 heteroatoms. The Kier molecular flexibility index (Phi) is 15.5. The molecule has 0 aromatic rings. The van der Waals surface area contributed by atoms with Crippen LogP contribution in [0.2, 0.25) is 0 Å². The van der Waals surface area contributed by atoms with Crippen molar-refractivity contribution in [1.82, 2.24) is 0 Å². The number of thioether (sulfide) groups is 4. The summed E-state index contributed by atoms with van der Waals surface area (Å²) in [6, 6.07) is 0. The quantitative estimate of drug-likeness (QED) is 0.300. The fourth-order valence-corrected chi connectivity index (χ4v) is 10.2. The Hall–Kier alpha value is 0.960. The Balaban J connectivity index is 5.55. The van der Waals surface area contributed by atoms with Gasteiger partial charge in [-0.1, -0.05) is 0 Å². The normalized spacial score (nSPS) is 10.7. The summed E-state index contributed by atoms with van der Waals surface area (Å²) >= 11 is 26.3. The van der Waals surface area contributed by atoms with E-state index in [0.29, 0.717) is 44.0 Å². The second-order valence-electron chi connectivity index (χ2n) is 3.64. The average Bonchev–Trinajstić information content (AvgIpc) is 2.47. The van der Waals surface area contributed by atoms with Gasteiger partial charge in [0.15, 0.2) is 2.74 Å². The number of thiocarbonyl (C=S) groups is 4. The maximum atomic E-state index is 5.42. The zero-order chi connectivity index (χ0) is 19.3. The van der Waals surface area contributed by atoms with Crippen LogP contribution in [0, 0.1) is 0 Å². The van der Waals surface area contributed by atoms with Gasteiger partial charge < -0.3 is 18.9 Å². The molecule has 0 aromatic heterocycles. The van der Waals surface area contributed by atoms with Crippen molar-refractivity contribution in [2.24, 2.45) is 0 Å². The number of hydrogen-bond donors (Lipinski definition) is 0. The van der Waals surface area contributed by atoms with Gasteiger partial charge in [-0.3, -0.25) is 0 Å². The fourth-order valence-electron chi connectivity index (χ4n) is 1.12. The predicted octanol–water partition coefficient (Wildman–Crippen LogP) is 5.82. The number of ether oxygens (including phenoxy) is 4. The third kappa shape index (κ3) is 12.1. The first-order chi connectivity index (χ1) is 11.8. The van der Waals surface area contributed by atoms with E-state index in [4.69, 9.17) is 67.8 Å². The van der Waals surface area contributed by atoms with E-state index in [1.165, 1.54) is 47.0 Å². The van der Waals surface area contributed by atoms with E-state index < -0.39 is 2.74 Å². The van der Waals surface area contributed by atoms with Gasteiger partial charge in [0.05, 0.1) is 26.4 Å². The second-order valence-corrected chi connectivity index (χ2v) is 12.5. The molecule has 0 amide bonds. The SMILES string of the molecule is CCOC(=S)SC(SC(=S)OCC)(SC(=S)OCC)SC(=S)OCC. The highest BCUT2D eigenvalue weighted by molar-refractivity contribution is 8.62. The van der Waals surface area contributed by atoms with Gasteiger partial charge in [0.1, 0.15) is 0 Å². The molecule has 0 aliphatic carbocycles. The standard InChI is InChI=1S/C13H20O4S8/c1-5-14-9(18)22-13(23-10(19)15-6-2,24-11(20)16-7-3)25-12(21)17-8-4/h5-8H2,1-4H3. The highest BCUT2D eigenvalue weighted by atomic mass is 32.3. The molecule has 0 bridgehead atoms. The topological polar surface area (TPSA) is 36.9 Å². The minimum absolute atomic E-state index is 0.355. The van der Waals surface area contributed by atoms with Crippen LogP contribution in [-0.2, 0) is 18.9 Å². The Bertz CT molecular complexity index is 385. The van der Waals surface area contributed by atoms with Crippen LogP contribution in [0.15, 0.2) is 0 Å². The summed E-state index contributed by atoms with van der Waals surface area (Å²) in [5.74, 6) is 0. The van der Waals surface area contributed by atoms with Crippen molar-refractivity contribution < 1.29 is 18.9 Å². The van der Waals surface area contributed by atoms with Crippen LogP contribution in [0.25, 0.3) is 0 Å². The van der Waals surface area contributed by atoms with Gasteiger partial charge in [-0.15, -0.1) is 0 Å². The maximum Gasteiger partial charge on any atom is 0.223 e. The molecule has 0 aliphatic heterocycles. The van der Waals surface area contributed by atoms with Crippen molar-refractivity contribution in [1.29, 1.82) is 0 Å². The van der Waals surface area contributed by atoms with Gasteiger partial charge in [0, 0.05) is 0 Å². The lowest BCUT2D eigenvalue weighted by molar-refractivity contribution is 0.346. The Morgan fingerprint density at radius 1 is 0.560 bits per heavy atom. The first-order valence-corrected chi connectivity index (χ1v) is 12.1. The smallest absolute Gasteiger partial charge is 0.223 e. The molecule has 0 N–H and O–H groups in total. The lowest BCUT2D eigenvalue weighted by atomic mass is 10.9. The molecule has 144 valence electrons. The Morgan fingerprint density at radius 3 is 0.920 bits per heavy atom. The average molecular weight is 497 g/mol. The molecular weight excluding hydrogens is 477 g/mol. The summed E-state index contributed by atoms with van der Waals surface area (Å²) in [7, 11) is 0. The van der Waals surface area contributed by atoms with E-state index in [9.17, 15) is 0 Å². The molecule has 0 radical (unpaired) electrons. The highest BCUT2D eigenvalue weighted by Gasteiger charge is 2.42. The molecule has 25 heavy (non-hydrogen) atoms. The van der Waals surface area contributed by atoms with Gasteiger partial charge in [0.25, 0.3) is 0 Å². The molecule has 0 atom stereocenters. The zero-order valence-electron chi connectivity index (χ0n) is 14.2. The van der Waals surface area contributed by atoms with Gasteiger partial charge >= 0.3 is 0 Å². The van der Waals surface area contributed by atoms with Crippen LogP contribution in [-0.4, -0.2) is 46.7 Å². The second kappa shape index (κ2) is 14.9. The lowest BCUT2D eigenvalue weighted by Crippen LogP contribution is -2.22. The van der Waals surface area contributed by atoms with E-state index in [1.807, 2.05) is 27.7 Å². The van der Waals surface area contributed by atoms with E-state index in [2.05, 4.69) is 0 Å². The molecule has 0 fully saturated rings. The van der Waals surface area contributed by atoms with Gasteiger partial charge in [-0.2, -0.15) is 0 Å². The van der Waals surface area contributed by atoms with E-state index in [1.54, 1.807) is 0 Å². The summed E-state index contributed by atoms with van der Waals surface area (Å²) in [6.07, 6.45) is 0. The van der Waals surface area contributed by atoms with E-state index in [-0.39, 0.29) is 0 Å². The van der Waals surface area contributed by atoms with Crippen LogP contribution in [0.3, 0.4) is 0 Å². The fraction of sp³-hybridized carbons (Fsp3) is 0.692. The number of rotatable bonds is 8. The van der Waals surface area contributed by atoms with Crippen LogP contribution < -0.4 is 0 Å². The van der Waals surface area contributed by atoms with Crippen molar-refractivity contribution in [3.8, 4) is 0 Å². The highest BCUT2D eigenvalue weighted by Crippen LogP contribution is 2.57. The molecule has 0 rings (SSSR count). The molecule has 0 saturated heterocycles. The van der Waals surface area contributed by atoms with Crippen molar-refractivity contribution in [2.75, 3.05) is 26.4 Å². The van der Waals surface area contributed by atoms with Gasteiger partial charge in [-0.25, -0.2) is 0 Å². The Labute approximate surface area is 188 Å². The lowest BCUT2D eigenvalue weighted by Gasteiger charge is -2.30. The van der Waals surface area contributed by atoms with Crippen LogP contribution in [0.5, 0.6) is 0 Å². The summed E-state index contributed by atoms with van der Waals surface area (Å²) < 4.78 is 22.3. The van der Waals surface area contributed by atoms with Crippen LogP contribution in [0.4, 0.5) is 0 Å². The van der Waals surface area contributed by atoms with Crippen LogP contribution >= 0.6 is 95.9 Å². The zero-order valence-corrected chi connectivity index (χ0v) is 20.8. The molecule has 0 saturated carbocycles. The van der Waals surface area contributed by atoms with Crippen molar-refractivity contribution in [2.45, 2.75) is 30.4 Å².